The summed E-state index contributed by atoms with van der Waals surface area (Å²) in [5.74, 6) is -0.331. The summed E-state index contributed by atoms with van der Waals surface area (Å²) >= 11 is 0. The molecule has 1 rings (SSSR count). The molecule has 6 atom stereocenters. The first-order valence-corrected chi connectivity index (χ1v) is 19.9. The molecular weight excluding hydrogens is 648 g/mol. The first-order chi connectivity index (χ1) is 24.9. The number of carbonyl (C=O) groups excluding carboxylic acids is 1. The van der Waals surface area contributed by atoms with Crippen LogP contribution >= 0.6 is 0 Å². The van der Waals surface area contributed by atoms with E-state index in [4.69, 9.17) is 18.9 Å². The van der Waals surface area contributed by atoms with Gasteiger partial charge in [-0.05, 0) is 57.8 Å². The summed E-state index contributed by atoms with van der Waals surface area (Å²) in [6, 6.07) is 0. The van der Waals surface area contributed by atoms with Crippen LogP contribution in [0.15, 0.2) is 60.8 Å². The van der Waals surface area contributed by atoms with Crippen molar-refractivity contribution in [2.75, 3.05) is 26.4 Å². The summed E-state index contributed by atoms with van der Waals surface area (Å²) in [6.45, 7) is 4.32. The van der Waals surface area contributed by atoms with E-state index in [-0.39, 0.29) is 19.2 Å². The first kappa shape index (κ1) is 46.9. The monoisotopic (exact) mass is 721 g/mol. The molecule has 0 amide bonds. The van der Waals surface area contributed by atoms with E-state index in [1.54, 1.807) is 0 Å². The maximum Gasteiger partial charge on any atom is 0.306 e. The van der Waals surface area contributed by atoms with Crippen LogP contribution in [-0.4, -0.2) is 89.6 Å². The number of ether oxygens (including phenoxy) is 4. The molecule has 1 saturated heterocycles. The molecule has 1 aliphatic rings. The van der Waals surface area contributed by atoms with Crippen LogP contribution in [0.3, 0.4) is 0 Å². The van der Waals surface area contributed by atoms with E-state index in [2.05, 4.69) is 74.6 Å². The molecule has 1 heterocycles. The zero-order valence-electron chi connectivity index (χ0n) is 31.8. The lowest BCUT2D eigenvalue weighted by Crippen LogP contribution is -2.59. The van der Waals surface area contributed by atoms with Crippen molar-refractivity contribution in [3.8, 4) is 0 Å². The minimum absolute atomic E-state index is 0.126. The summed E-state index contributed by atoms with van der Waals surface area (Å²) in [7, 11) is 0. The lowest BCUT2D eigenvalue weighted by Gasteiger charge is -2.39. The second-order valence-electron chi connectivity index (χ2n) is 13.4. The second-order valence-corrected chi connectivity index (χ2v) is 13.4. The van der Waals surface area contributed by atoms with Crippen molar-refractivity contribution in [2.45, 2.75) is 173 Å². The van der Waals surface area contributed by atoms with Crippen LogP contribution < -0.4 is 0 Å². The van der Waals surface area contributed by atoms with Crippen molar-refractivity contribution < 1.29 is 44.2 Å². The minimum Gasteiger partial charge on any atom is -0.457 e. The Hall–Kier alpha value is -2.11. The normalized spacial score (nSPS) is 22.0. The number of allylic oxidation sites excluding steroid dienone is 10. The maximum atomic E-state index is 12.6. The SMILES string of the molecule is CC/C=C\C/C=C\C/C=C\C/C=C\C/C=C\CCCCCCOCC(COC1OC(CO)C(O)C(O)C1O)OC(=O)CCCCCCCCCC. The second kappa shape index (κ2) is 33.7. The van der Waals surface area contributed by atoms with Crippen LogP contribution in [0.25, 0.3) is 0 Å². The van der Waals surface area contributed by atoms with Crippen molar-refractivity contribution in [2.24, 2.45) is 0 Å². The third-order valence-corrected chi connectivity index (χ3v) is 8.70. The highest BCUT2D eigenvalue weighted by Gasteiger charge is 2.44. The number of hydrogen-bond acceptors (Lipinski definition) is 9. The van der Waals surface area contributed by atoms with E-state index in [0.29, 0.717) is 13.0 Å². The van der Waals surface area contributed by atoms with Gasteiger partial charge in [-0.2, -0.15) is 0 Å². The number of aliphatic hydroxyl groups excluding tert-OH is 4. The molecule has 1 fully saturated rings. The Bertz CT molecular complexity index is 958. The van der Waals surface area contributed by atoms with Gasteiger partial charge in [-0.1, -0.05) is 132 Å². The highest BCUT2D eigenvalue weighted by Crippen LogP contribution is 2.22. The lowest BCUT2D eigenvalue weighted by atomic mass is 9.99. The van der Waals surface area contributed by atoms with Gasteiger partial charge in [-0.15, -0.1) is 0 Å². The molecule has 6 unspecified atom stereocenters. The molecule has 0 aliphatic carbocycles. The molecule has 0 bridgehead atoms. The van der Waals surface area contributed by atoms with Crippen molar-refractivity contribution in [1.82, 2.24) is 0 Å². The summed E-state index contributed by atoms with van der Waals surface area (Å²) in [6.07, 6.45) is 34.0. The van der Waals surface area contributed by atoms with Crippen molar-refractivity contribution >= 4 is 5.97 Å². The fourth-order valence-corrected chi connectivity index (χ4v) is 5.57. The molecule has 4 N–H and O–H groups in total. The fraction of sp³-hybridized carbons (Fsp3) is 0.738. The van der Waals surface area contributed by atoms with Crippen LogP contribution in [0.2, 0.25) is 0 Å². The average molecular weight is 721 g/mol. The minimum atomic E-state index is -1.54. The Kier molecular flexibility index (Phi) is 31.0. The third kappa shape index (κ3) is 25.5. The van der Waals surface area contributed by atoms with E-state index in [9.17, 15) is 25.2 Å². The molecule has 0 aromatic carbocycles. The lowest BCUT2D eigenvalue weighted by molar-refractivity contribution is -0.305. The Balaban J connectivity index is 2.29. The van der Waals surface area contributed by atoms with Crippen LogP contribution in [0.4, 0.5) is 0 Å². The van der Waals surface area contributed by atoms with Gasteiger partial charge < -0.3 is 39.4 Å². The van der Waals surface area contributed by atoms with E-state index in [1.165, 1.54) is 32.1 Å². The molecule has 1 aliphatic heterocycles. The highest BCUT2D eigenvalue weighted by molar-refractivity contribution is 5.69. The van der Waals surface area contributed by atoms with Gasteiger partial charge in [0.15, 0.2) is 6.29 Å². The van der Waals surface area contributed by atoms with Crippen LogP contribution in [0.1, 0.15) is 136 Å². The van der Waals surface area contributed by atoms with Gasteiger partial charge in [0.05, 0.1) is 19.8 Å². The molecule has 0 saturated carbocycles. The van der Waals surface area contributed by atoms with Crippen molar-refractivity contribution in [3.63, 3.8) is 0 Å². The molecule has 0 aromatic heterocycles. The topological polar surface area (TPSA) is 135 Å². The van der Waals surface area contributed by atoms with E-state index in [1.807, 2.05) is 0 Å². The number of carbonyl (C=O) groups is 1. The van der Waals surface area contributed by atoms with Crippen LogP contribution in [0.5, 0.6) is 0 Å². The zero-order valence-corrected chi connectivity index (χ0v) is 31.8. The predicted octanol–water partition coefficient (Wildman–Crippen LogP) is 7.96. The molecule has 294 valence electrons. The summed E-state index contributed by atoms with van der Waals surface area (Å²) < 4.78 is 22.6. The molecule has 0 radical (unpaired) electrons. The number of unbranched alkanes of at least 4 members (excludes halogenated alkanes) is 11. The zero-order chi connectivity index (χ0) is 37.2. The molecule has 51 heavy (non-hydrogen) atoms. The van der Waals surface area contributed by atoms with Crippen LogP contribution in [-0.2, 0) is 23.7 Å². The van der Waals surface area contributed by atoms with Gasteiger partial charge >= 0.3 is 5.97 Å². The number of rotatable bonds is 32. The summed E-state index contributed by atoms with van der Waals surface area (Å²) in [4.78, 5) is 12.6. The molecular formula is C42H72O9. The molecule has 0 aromatic rings. The number of hydrogen-bond donors (Lipinski definition) is 4. The fourth-order valence-electron chi connectivity index (χ4n) is 5.57. The Morgan fingerprint density at radius 1 is 0.647 bits per heavy atom. The van der Waals surface area contributed by atoms with E-state index < -0.39 is 43.4 Å². The smallest absolute Gasteiger partial charge is 0.306 e. The van der Waals surface area contributed by atoms with Gasteiger partial charge in [0.2, 0.25) is 0 Å². The predicted molar refractivity (Wildman–Crippen MR) is 205 cm³/mol. The van der Waals surface area contributed by atoms with Gasteiger partial charge in [0.25, 0.3) is 0 Å². The first-order valence-electron chi connectivity index (χ1n) is 19.9. The summed E-state index contributed by atoms with van der Waals surface area (Å²) in [5.41, 5.74) is 0. The van der Waals surface area contributed by atoms with Gasteiger partial charge in [-0.3, -0.25) is 4.79 Å². The Morgan fingerprint density at radius 2 is 1.20 bits per heavy atom. The van der Waals surface area contributed by atoms with Gasteiger partial charge in [0, 0.05) is 13.0 Å². The number of aliphatic hydroxyl groups is 4. The van der Waals surface area contributed by atoms with Crippen LogP contribution in [0, 0.1) is 0 Å². The quantitative estimate of drug-likeness (QED) is 0.0310. The van der Waals surface area contributed by atoms with E-state index in [0.717, 1.165) is 83.5 Å². The molecule has 9 nitrogen and oxygen atoms in total. The Labute approximate surface area is 309 Å². The summed E-state index contributed by atoms with van der Waals surface area (Å²) in [5, 5.41) is 39.9. The maximum absolute atomic E-state index is 12.6. The van der Waals surface area contributed by atoms with Gasteiger partial charge in [0.1, 0.15) is 30.5 Å². The molecule has 9 heteroatoms. The standard InChI is InChI=1S/C42H72O9/c1-3-5-7-9-11-13-14-15-16-17-18-19-20-21-22-23-24-26-28-30-32-48-34-36(50-38(44)31-29-27-25-12-10-8-6-4-2)35-49-42-41(47)40(46)39(45)37(33-43)51-42/h5,7,11,13,15-16,18-19,21-22,36-37,39-43,45-47H,3-4,6,8-10,12,14,17,20,23-35H2,1-2H3/b7-5-,13-11-,16-15-,19-18-,22-21-. The average Bonchev–Trinajstić information content (AvgIpc) is 3.13. The largest absolute Gasteiger partial charge is 0.457 e. The molecule has 0 spiro atoms. The highest BCUT2D eigenvalue weighted by atomic mass is 16.7. The van der Waals surface area contributed by atoms with E-state index >= 15 is 0 Å². The number of esters is 1. The van der Waals surface area contributed by atoms with Crippen molar-refractivity contribution in [1.29, 1.82) is 0 Å². The van der Waals surface area contributed by atoms with Gasteiger partial charge in [-0.25, -0.2) is 0 Å². The Morgan fingerprint density at radius 3 is 1.80 bits per heavy atom. The third-order valence-electron chi connectivity index (χ3n) is 8.70. The van der Waals surface area contributed by atoms with Crippen molar-refractivity contribution in [3.05, 3.63) is 60.8 Å².